The number of benzene rings is 2. The number of anilines is 4. The lowest BCUT2D eigenvalue weighted by Gasteiger charge is -2.23. The van der Waals surface area contributed by atoms with E-state index in [4.69, 9.17) is 4.98 Å². The molecule has 0 aliphatic heterocycles. The minimum atomic E-state index is 0.305. The first-order valence-corrected chi connectivity index (χ1v) is 13.4. The Labute approximate surface area is 240 Å². The van der Waals surface area contributed by atoms with Crippen LogP contribution in [0.1, 0.15) is 28.1 Å². The van der Waals surface area contributed by atoms with Gasteiger partial charge in [-0.05, 0) is 57.0 Å². The van der Waals surface area contributed by atoms with Crippen molar-refractivity contribution in [3.05, 3.63) is 95.1 Å². The maximum atomic E-state index is 12.4. The number of nitrogens with one attached hydrogen (secondary N) is 2. The van der Waals surface area contributed by atoms with Gasteiger partial charge in [0.1, 0.15) is 11.6 Å². The van der Waals surface area contributed by atoms with Gasteiger partial charge in [0.25, 0.3) is 0 Å². The summed E-state index contributed by atoms with van der Waals surface area (Å²) in [6.07, 6.45) is 4.46. The molecule has 0 saturated carbocycles. The van der Waals surface area contributed by atoms with E-state index in [1.165, 1.54) is 5.56 Å². The molecule has 5 rings (SSSR count). The number of rotatable bonds is 9. The quantitative estimate of drug-likeness (QED) is 0.214. The molecule has 3 heterocycles. The van der Waals surface area contributed by atoms with Crippen molar-refractivity contribution in [1.29, 1.82) is 0 Å². The van der Waals surface area contributed by atoms with Gasteiger partial charge < -0.3 is 20.1 Å². The van der Waals surface area contributed by atoms with Gasteiger partial charge in [0, 0.05) is 48.4 Å². The highest BCUT2D eigenvalue weighted by molar-refractivity contribution is 5.80. The lowest BCUT2D eigenvalue weighted by Crippen LogP contribution is -2.24. The Morgan fingerprint density at radius 3 is 2.44 bits per heavy atom. The van der Waals surface area contributed by atoms with Gasteiger partial charge >= 0.3 is 0 Å². The molecule has 3 aromatic heterocycles. The lowest BCUT2D eigenvalue weighted by atomic mass is 10.1. The number of hydrogen-bond donors (Lipinski definition) is 2. The molecule has 9 nitrogen and oxygen atoms in total. The summed E-state index contributed by atoms with van der Waals surface area (Å²) in [7, 11) is 3.85. The van der Waals surface area contributed by atoms with E-state index < -0.39 is 0 Å². The van der Waals surface area contributed by atoms with Gasteiger partial charge in [-0.3, -0.25) is 9.78 Å². The Balaban J connectivity index is 1.42. The highest BCUT2D eigenvalue weighted by Crippen LogP contribution is 2.30. The second kappa shape index (κ2) is 11.6. The molecule has 0 aliphatic carbocycles. The number of imidazole rings is 1. The Morgan fingerprint density at radius 2 is 1.71 bits per heavy atom. The number of H-pyrrole nitrogens is 1. The fourth-order valence-electron chi connectivity index (χ4n) is 4.80. The summed E-state index contributed by atoms with van der Waals surface area (Å²) >= 11 is 0. The number of carbonyl (C=O) groups excluding carboxylic acids is 1. The zero-order chi connectivity index (χ0) is 29.1. The van der Waals surface area contributed by atoms with Crippen molar-refractivity contribution >= 4 is 29.6 Å². The van der Waals surface area contributed by atoms with Crippen LogP contribution in [-0.4, -0.2) is 45.4 Å². The number of pyridine rings is 1. The third-order valence-corrected chi connectivity index (χ3v) is 7.01. The zero-order valence-electron chi connectivity index (χ0n) is 24.2. The average molecular weight is 547 g/mol. The Hall–Kier alpha value is -5.05. The summed E-state index contributed by atoms with van der Waals surface area (Å²) < 4.78 is 0. The maximum Gasteiger partial charge on any atom is 0.229 e. The highest BCUT2D eigenvalue weighted by atomic mass is 16.1. The number of amides is 1. The van der Waals surface area contributed by atoms with Crippen LogP contribution >= 0.6 is 0 Å². The standard InChI is InChI=1S/C32H34N8O/c1-20-9-7-8-10-26(20)28-17-33-30(36-28)24-13-11-21(2)29(15-24)40(19-41)18-25-16-34-32(38-31(25)39(5)6)37-27-14-12-22(3)35-23(27)4/h7-17,19H,18H2,1-6H3,(H,33,36)(H,34,37,38). The van der Waals surface area contributed by atoms with Crippen LogP contribution in [0, 0.1) is 27.7 Å². The van der Waals surface area contributed by atoms with E-state index in [1.807, 2.05) is 88.4 Å². The third kappa shape index (κ3) is 5.94. The summed E-state index contributed by atoms with van der Waals surface area (Å²) in [6, 6.07) is 18.1. The minimum absolute atomic E-state index is 0.305. The van der Waals surface area contributed by atoms with Gasteiger partial charge in [-0.25, -0.2) is 9.97 Å². The second-order valence-corrected chi connectivity index (χ2v) is 10.3. The summed E-state index contributed by atoms with van der Waals surface area (Å²) in [4.78, 5) is 37.9. The largest absolute Gasteiger partial charge is 0.362 e. The summed E-state index contributed by atoms with van der Waals surface area (Å²) in [6.45, 7) is 8.28. The molecule has 41 heavy (non-hydrogen) atoms. The van der Waals surface area contributed by atoms with Gasteiger partial charge in [0.15, 0.2) is 0 Å². The van der Waals surface area contributed by atoms with Gasteiger partial charge in [-0.2, -0.15) is 4.98 Å². The fraction of sp³-hybridized carbons (Fsp3) is 0.219. The first-order chi connectivity index (χ1) is 19.7. The van der Waals surface area contributed by atoms with Crippen LogP contribution in [0.2, 0.25) is 0 Å². The number of hydrogen-bond acceptors (Lipinski definition) is 7. The van der Waals surface area contributed by atoms with Crippen molar-refractivity contribution in [2.24, 2.45) is 0 Å². The van der Waals surface area contributed by atoms with E-state index in [0.717, 1.165) is 68.8 Å². The van der Waals surface area contributed by atoms with Crippen molar-refractivity contribution in [2.75, 3.05) is 29.2 Å². The molecular formula is C32H34N8O. The van der Waals surface area contributed by atoms with Crippen LogP contribution < -0.4 is 15.1 Å². The zero-order valence-corrected chi connectivity index (χ0v) is 24.2. The molecule has 0 aliphatic rings. The molecular weight excluding hydrogens is 512 g/mol. The summed E-state index contributed by atoms with van der Waals surface area (Å²) in [5, 5.41) is 3.27. The molecule has 2 N–H and O–H groups in total. The van der Waals surface area contributed by atoms with E-state index in [-0.39, 0.29) is 0 Å². The van der Waals surface area contributed by atoms with Crippen molar-refractivity contribution in [3.63, 3.8) is 0 Å². The van der Waals surface area contributed by atoms with Crippen molar-refractivity contribution in [1.82, 2.24) is 24.9 Å². The van der Waals surface area contributed by atoms with Gasteiger partial charge in [-0.1, -0.05) is 36.4 Å². The summed E-state index contributed by atoms with van der Waals surface area (Å²) in [5.74, 6) is 1.92. The van der Waals surface area contributed by atoms with E-state index in [1.54, 1.807) is 11.1 Å². The lowest BCUT2D eigenvalue weighted by molar-refractivity contribution is -0.107. The normalized spacial score (nSPS) is 10.9. The number of aromatic amines is 1. The second-order valence-electron chi connectivity index (χ2n) is 10.3. The van der Waals surface area contributed by atoms with Crippen LogP contribution in [0.25, 0.3) is 22.6 Å². The molecule has 208 valence electrons. The fourth-order valence-corrected chi connectivity index (χ4v) is 4.80. The van der Waals surface area contributed by atoms with E-state index >= 15 is 0 Å². The van der Waals surface area contributed by atoms with Crippen LogP contribution in [0.15, 0.2) is 67.0 Å². The Morgan fingerprint density at radius 1 is 0.902 bits per heavy atom. The van der Waals surface area contributed by atoms with Crippen LogP contribution in [-0.2, 0) is 11.3 Å². The topological polar surface area (TPSA) is 103 Å². The SMILES string of the molecule is Cc1ccc(Nc2ncc(CN(C=O)c3cc(-c4ncc(-c5ccccc5C)[nH]4)ccc3C)c(N(C)C)n2)c(C)n1. The average Bonchev–Trinajstić information content (AvgIpc) is 3.44. The smallest absolute Gasteiger partial charge is 0.229 e. The van der Waals surface area contributed by atoms with E-state index in [0.29, 0.717) is 12.5 Å². The van der Waals surface area contributed by atoms with Gasteiger partial charge in [0.2, 0.25) is 12.4 Å². The van der Waals surface area contributed by atoms with Crippen LogP contribution in [0.4, 0.5) is 23.1 Å². The minimum Gasteiger partial charge on any atom is -0.362 e. The van der Waals surface area contributed by atoms with E-state index in [9.17, 15) is 4.79 Å². The molecule has 0 unspecified atom stereocenters. The monoisotopic (exact) mass is 546 g/mol. The molecule has 0 fully saturated rings. The first-order valence-electron chi connectivity index (χ1n) is 13.4. The number of carbonyl (C=O) groups is 1. The molecule has 0 spiro atoms. The molecule has 1 amide bonds. The predicted octanol–water partition coefficient (Wildman–Crippen LogP) is 6.13. The van der Waals surface area contributed by atoms with Crippen LogP contribution in [0.5, 0.6) is 0 Å². The predicted molar refractivity (Wildman–Crippen MR) is 165 cm³/mol. The van der Waals surface area contributed by atoms with Crippen molar-refractivity contribution < 1.29 is 4.79 Å². The number of nitrogens with zero attached hydrogens (tertiary/aromatic N) is 6. The molecule has 0 radical (unpaired) electrons. The van der Waals surface area contributed by atoms with Crippen molar-refractivity contribution in [2.45, 2.75) is 34.2 Å². The molecule has 0 bridgehead atoms. The number of aromatic nitrogens is 5. The molecule has 0 saturated heterocycles. The Bertz CT molecular complexity index is 1710. The molecule has 9 heteroatoms. The van der Waals surface area contributed by atoms with Crippen molar-refractivity contribution in [3.8, 4) is 22.6 Å². The molecule has 0 atom stereocenters. The molecule has 5 aromatic rings. The molecule has 2 aromatic carbocycles. The maximum absolute atomic E-state index is 12.4. The van der Waals surface area contributed by atoms with Crippen LogP contribution in [0.3, 0.4) is 0 Å². The third-order valence-electron chi connectivity index (χ3n) is 7.01. The highest BCUT2D eigenvalue weighted by Gasteiger charge is 2.17. The summed E-state index contributed by atoms with van der Waals surface area (Å²) in [5.41, 5.74) is 9.36. The number of aryl methyl sites for hydroxylation is 4. The Kier molecular flexibility index (Phi) is 7.78. The van der Waals surface area contributed by atoms with Gasteiger partial charge in [0.05, 0.1) is 29.8 Å². The van der Waals surface area contributed by atoms with Gasteiger partial charge in [-0.15, -0.1) is 0 Å². The first kappa shape index (κ1) is 27.5. The van der Waals surface area contributed by atoms with E-state index in [2.05, 4.69) is 44.3 Å².